The van der Waals surface area contributed by atoms with E-state index in [0.29, 0.717) is 12.1 Å². The number of benzene rings is 2. The summed E-state index contributed by atoms with van der Waals surface area (Å²) in [7, 11) is 0. The molecule has 0 saturated heterocycles. The first-order valence-corrected chi connectivity index (χ1v) is 8.25. The molecule has 0 atom stereocenters. The van der Waals surface area contributed by atoms with Crippen LogP contribution in [-0.4, -0.2) is 0 Å². The summed E-state index contributed by atoms with van der Waals surface area (Å²) in [4.78, 5) is 0. The van der Waals surface area contributed by atoms with E-state index >= 15 is 0 Å². The molecule has 0 heterocycles. The maximum absolute atomic E-state index is 14.5. The highest BCUT2D eigenvalue weighted by Crippen LogP contribution is 2.40. The van der Waals surface area contributed by atoms with Gasteiger partial charge in [-0.2, -0.15) is 52.7 Å². The van der Waals surface area contributed by atoms with Gasteiger partial charge in [0.1, 0.15) is 35.7 Å². The van der Waals surface area contributed by atoms with E-state index in [-0.39, 0.29) is 12.1 Å². The zero-order valence-electron chi connectivity index (χ0n) is 15.7. The summed E-state index contributed by atoms with van der Waals surface area (Å²) in [6.07, 6.45) is -10.8. The molecule has 2 rings (SSSR count). The van der Waals surface area contributed by atoms with Crippen LogP contribution in [0, 0.1) is 62.5 Å². The van der Waals surface area contributed by atoms with Crippen molar-refractivity contribution >= 4 is 11.1 Å². The highest BCUT2D eigenvalue weighted by atomic mass is 19.4. The Morgan fingerprint density at radius 1 is 0.667 bits per heavy atom. The molecule has 0 fully saturated rings. The maximum atomic E-state index is 14.5. The average molecular weight is 459 g/mol. The summed E-state index contributed by atoms with van der Waals surface area (Å²) in [6, 6.07) is 7.78. The zero-order chi connectivity index (χ0) is 25.1. The molecular formula is C21H4F7N5. The Balaban J connectivity index is 3.19. The molecule has 162 valence electrons. The van der Waals surface area contributed by atoms with Gasteiger partial charge in [0.2, 0.25) is 0 Å². The molecule has 33 heavy (non-hydrogen) atoms. The molecular weight excluding hydrogens is 455 g/mol. The second kappa shape index (κ2) is 8.71. The van der Waals surface area contributed by atoms with Gasteiger partial charge in [-0.15, -0.1) is 0 Å². The standard InChI is InChI=1S/C21H4F7N5/c22-19-4-13(11(5-29)1-14(19)12(6-30)7-31)15(8-32)10-2-17(20(23,24)25)16(9-33)18(3-10)21(26,27)28/h1-4H/b15-13-. The van der Waals surface area contributed by atoms with Crippen LogP contribution in [0.4, 0.5) is 30.7 Å². The van der Waals surface area contributed by atoms with Crippen LogP contribution >= 0.6 is 0 Å². The SMILES string of the molecule is N#CC(C#N)=c1cc(C#N)/c(=C(/C#N)c2cc(C(F)(F)F)c(C#N)c(C(F)(F)F)c2)cc1F. The third-order valence-corrected chi connectivity index (χ3v) is 4.25. The monoisotopic (exact) mass is 459 g/mol. The molecule has 0 aliphatic heterocycles. The average Bonchev–Trinajstić information content (AvgIpc) is 2.74. The van der Waals surface area contributed by atoms with Crippen LogP contribution in [0.5, 0.6) is 0 Å². The minimum absolute atomic E-state index is 0.113. The molecule has 0 aromatic heterocycles. The lowest BCUT2D eigenvalue weighted by molar-refractivity contribution is -0.143. The third-order valence-electron chi connectivity index (χ3n) is 4.25. The predicted octanol–water partition coefficient (Wildman–Crippen LogP) is 3.53. The first-order chi connectivity index (χ1) is 15.3. The molecule has 0 bridgehead atoms. The zero-order valence-corrected chi connectivity index (χ0v) is 15.7. The van der Waals surface area contributed by atoms with E-state index in [9.17, 15) is 41.3 Å². The molecule has 2 aromatic rings. The van der Waals surface area contributed by atoms with Gasteiger partial charge in [0.15, 0.2) is 0 Å². The Kier molecular flexibility index (Phi) is 6.44. The molecule has 5 nitrogen and oxygen atoms in total. The van der Waals surface area contributed by atoms with E-state index < -0.39 is 67.6 Å². The van der Waals surface area contributed by atoms with Crippen LogP contribution in [0.15, 0.2) is 24.3 Å². The summed E-state index contributed by atoms with van der Waals surface area (Å²) in [5, 5.41) is 44.1. The number of nitrogens with zero attached hydrogens (tertiary/aromatic N) is 5. The molecule has 0 unspecified atom stereocenters. The first kappa shape index (κ1) is 24.4. The Morgan fingerprint density at radius 2 is 1.18 bits per heavy atom. The van der Waals surface area contributed by atoms with Crippen molar-refractivity contribution in [2.75, 3.05) is 0 Å². The number of rotatable bonds is 1. The lowest BCUT2D eigenvalue weighted by atomic mass is 9.92. The van der Waals surface area contributed by atoms with Crippen LogP contribution in [0.1, 0.15) is 27.8 Å². The van der Waals surface area contributed by atoms with Crippen molar-refractivity contribution in [3.05, 3.63) is 68.3 Å². The lowest BCUT2D eigenvalue weighted by Crippen LogP contribution is -2.22. The molecule has 0 aliphatic rings. The molecule has 0 radical (unpaired) electrons. The number of hydrogen-bond acceptors (Lipinski definition) is 5. The molecule has 2 aromatic carbocycles. The Labute approximate surface area is 180 Å². The van der Waals surface area contributed by atoms with Crippen molar-refractivity contribution < 1.29 is 30.7 Å². The smallest absolute Gasteiger partial charge is 0.206 e. The number of hydrogen-bond donors (Lipinski definition) is 0. The van der Waals surface area contributed by atoms with E-state index in [1.807, 2.05) is 0 Å². The van der Waals surface area contributed by atoms with Crippen molar-refractivity contribution in [3.8, 4) is 30.3 Å². The van der Waals surface area contributed by atoms with Crippen LogP contribution in [0.2, 0.25) is 0 Å². The second-order valence-electron chi connectivity index (χ2n) is 6.13. The Hall–Kier alpha value is -4.86. The van der Waals surface area contributed by atoms with E-state index in [1.54, 1.807) is 0 Å². The number of halogens is 7. The van der Waals surface area contributed by atoms with Gasteiger partial charge in [0.05, 0.1) is 33.9 Å². The lowest BCUT2D eigenvalue weighted by Gasteiger charge is -2.16. The van der Waals surface area contributed by atoms with Crippen LogP contribution in [-0.2, 0) is 12.4 Å². The maximum Gasteiger partial charge on any atom is 0.417 e. The van der Waals surface area contributed by atoms with Crippen molar-refractivity contribution in [1.29, 1.82) is 26.3 Å². The van der Waals surface area contributed by atoms with Gasteiger partial charge in [-0.3, -0.25) is 0 Å². The molecule has 0 saturated carbocycles. The van der Waals surface area contributed by atoms with Gasteiger partial charge in [-0.25, -0.2) is 4.39 Å². The van der Waals surface area contributed by atoms with E-state index in [4.69, 9.17) is 15.8 Å². The number of nitriles is 5. The quantitative estimate of drug-likeness (QED) is 0.605. The van der Waals surface area contributed by atoms with Crippen molar-refractivity contribution in [3.63, 3.8) is 0 Å². The van der Waals surface area contributed by atoms with E-state index in [1.165, 1.54) is 24.3 Å². The van der Waals surface area contributed by atoms with Crippen LogP contribution in [0.3, 0.4) is 0 Å². The first-order valence-electron chi connectivity index (χ1n) is 8.25. The normalized spacial score (nSPS) is 11.8. The summed E-state index contributed by atoms with van der Waals surface area (Å²) in [5.74, 6) is -1.32. The van der Waals surface area contributed by atoms with Gasteiger partial charge < -0.3 is 0 Å². The van der Waals surface area contributed by atoms with Crippen molar-refractivity contribution in [2.24, 2.45) is 0 Å². The topological polar surface area (TPSA) is 119 Å². The highest BCUT2D eigenvalue weighted by molar-refractivity contribution is 5.80. The predicted molar refractivity (Wildman–Crippen MR) is 94.3 cm³/mol. The summed E-state index contributed by atoms with van der Waals surface area (Å²) < 4.78 is 94.9. The van der Waals surface area contributed by atoms with Gasteiger partial charge >= 0.3 is 12.4 Å². The van der Waals surface area contributed by atoms with Gasteiger partial charge in [0.25, 0.3) is 0 Å². The van der Waals surface area contributed by atoms with E-state index in [2.05, 4.69) is 0 Å². The molecule has 12 heteroatoms. The summed E-state index contributed by atoms with van der Waals surface area (Å²) >= 11 is 0. The fraction of sp³-hybridized carbons (Fsp3) is 0.0952. The molecule has 0 spiro atoms. The molecule has 0 aliphatic carbocycles. The fourth-order valence-corrected chi connectivity index (χ4v) is 2.84. The molecule has 0 N–H and O–H groups in total. The largest absolute Gasteiger partial charge is 0.417 e. The molecule has 0 amide bonds. The third kappa shape index (κ3) is 4.59. The Bertz CT molecular complexity index is 1450. The van der Waals surface area contributed by atoms with Crippen molar-refractivity contribution in [1.82, 2.24) is 0 Å². The second-order valence-corrected chi connectivity index (χ2v) is 6.13. The fourth-order valence-electron chi connectivity index (χ4n) is 2.84. The van der Waals surface area contributed by atoms with E-state index in [0.717, 1.165) is 6.07 Å². The minimum Gasteiger partial charge on any atom is -0.206 e. The van der Waals surface area contributed by atoms with Gasteiger partial charge in [-0.05, 0) is 29.8 Å². The van der Waals surface area contributed by atoms with Crippen molar-refractivity contribution in [2.45, 2.75) is 12.4 Å². The Morgan fingerprint density at radius 3 is 1.55 bits per heavy atom. The van der Waals surface area contributed by atoms with Crippen LogP contribution < -0.4 is 10.4 Å². The number of alkyl halides is 6. The summed E-state index contributed by atoms with van der Waals surface area (Å²) in [5.41, 5.74) is -8.97. The minimum atomic E-state index is -5.42. The van der Waals surface area contributed by atoms with Crippen LogP contribution in [0.25, 0.3) is 11.1 Å². The highest BCUT2D eigenvalue weighted by Gasteiger charge is 2.42. The van der Waals surface area contributed by atoms with Gasteiger partial charge in [-0.1, -0.05) is 0 Å². The van der Waals surface area contributed by atoms with Gasteiger partial charge in [0, 0.05) is 10.4 Å². The summed E-state index contributed by atoms with van der Waals surface area (Å²) in [6.45, 7) is 0.